The quantitative estimate of drug-likeness (QED) is 0.822. The van der Waals surface area contributed by atoms with Crippen LogP contribution in [-0.2, 0) is 23.0 Å². The van der Waals surface area contributed by atoms with Crippen molar-refractivity contribution in [2.24, 2.45) is 7.05 Å². The number of carbonyl (C=O) groups excluding carboxylic acids is 1. The number of nitrogens with zero attached hydrogens (tertiary/aromatic N) is 3. The molecule has 1 saturated heterocycles. The molecule has 0 aromatic carbocycles. The molecular weight excluding hydrogens is 242 g/mol. The van der Waals surface area contributed by atoms with Crippen LogP contribution in [0, 0.1) is 13.8 Å². The Morgan fingerprint density at radius 1 is 1.47 bits per heavy atom. The molecule has 1 aliphatic rings. The van der Waals surface area contributed by atoms with Gasteiger partial charge in [0, 0.05) is 39.4 Å². The average molecular weight is 265 g/mol. The first-order valence-corrected chi connectivity index (χ1v) is 6.82. The Morgan fingerprint density at radius 2 is 2.21 bits per heavy atom. The van der Waals surface area contributed by atoms with Crippen LogP contribution in [0.3, 0.4) is 0 Å². The number of hydrogen-bond acceptors (Lipinski definition) is 3. The number of aryl methyl sites for hydroxylation is 2. The monoisotopic (exact) mass is 265 g/mol. The second kappa shape index (κ2) is 5.74. The van der Waals surface area contributed by atoms with Crippen LogP contribution >= 0.6 is 0 Å². The molecule has 5 heteroatoms. The molecule has 19 heavy (non-hydrogen) atoms. The second-order valence-electron chi connectivity index (χ2n) is 5.26. The van der Waals surface area contributed by atoms with Crippen molar-refractivity contribution >= 4 is 5.91 Å². The van der Waals surface area contributed by atoms with Crippen molar-refractivity contribution < 1.29 is 9.53 Å². The fourth-order valence-corrected chi connectivity index (χ4v) is 2.72. The third-order valence-corrected chi connectivity index (χ3v) is 4.08. The van der Waals surface area contributed by atoms with E-state index in [0.717, 1.165) is 37.3 Å². The third kappa shape index (κ3) is 2.97. The second-order valence-corrected chi connectivity index (χ2v) is 5.26. The van der Waals surface area contributed by atoms with E-state index < -0.39 is 0 Å². The lowest BCUT2D eigenvalue weighted by Gasteiger charge is -2.16. The van der Waals surface area contributed by atoms with Gasteiger partial charge in [0.05, 0.1) is 11.8 Å². The van der Waals surface area contributed by atoms with Gasteiger partial charge in [-0.25, -0.2) is 0 Å². The van der Waals surface area contributed by atoms with Crippen LogP contribution in [0.1, 0.15) is 29.8 Å². The summed E-state index contributed by atoms with van der Waals surface area (Å²) in [5.74, 6) is 0.224. The average Bonchev–Trinajstić information content (AvgIpc) is 2.94. The molecule has 0 spiro atoms. The predicted octanol–water partition coefficient (Wildman–Crippen LogP) is 1.22. The molecule has 0 bridgehead atoms. The SMILES string of the molecule is CO[C@@H]1CCN(C(=O)CCc2c(C)nn(C)c2C)C1. The van der Waals surface area contributed by atoms with Gasteiger partial charge in [0.1, 0.15) is 0 Å². The summed E-state index contributed by atoms with van der Waals surface area (Å²) < 4.78 is 7.17. The van der Waals surface area contributed by atoms with Crippen molar-refractivity contribution in [2.45, 2.75) is 39.2 Å². The van der Waals surface area contributed by atoms with Crippen LogP contribution < -0.4 is 0 Å². The topological polar surface area (TPSA) is 47.4 Å². The van der Waals surface area contributed by atoms with E-state index in [0.29, 0.717) is 6.42 Å². The molecule has 1 fully saturated rings. The molecule has 0 N–H and O–H groups in total. The molecule has 0 unspecified atom stereocenters. The summed E-state index contributed by atoms with van der Waals surface area (Å²) in [6, 6.07) is 0. The molecule has 2 rings (SSSR count). The van der Waals surface area contributed by atoms with Gasteiger partial charge in [-0.2, -0.15) is 5.10 Å². The molecule has 1 atom stereocenters. The summed E-state index contributed by atoms with van der Waals surface area (Å²) in [5, 5.41) is 4.38. The van der Waals surface area contributed by atoms with Gasteiger partial charge in [-0.3, -0.25) is 9.48 Å². The van der Waals surface area contributed by atoms with E-state index in [1.807, 2.05) is 23.6 Å². The predicted molar refractivity (Wildman–Crippen MR) is 73.0 cm³/mol. The molecule has 0 saturated carbocycles. The highest BCUT2D eigenvalue weighted by Crippen LogP contribution is 2.17. The van der Waals surface area contributed by atoms with Gasteiger partial charge in [0.25, 0.3) is 0 Å². The van der Waals surface area contributed by atoms with Gasteiger partial charge in [0.2, 0.25) is 5.91 Å². The van der Waals surface area contributed by atoms with Gasteiger partial charge in [-0.1, -0.05) is 0 Å². The highest BCUT2D eigenvalue weighted by atomic mass is 16.5. The Hall–Kier alpha value is -1.36. The number of rotatable bonds is 4. The van der Waals surface area contributed by atoms with E-state index in [1.165, 1.54) is 5.56 Å². The van der Waals surface area contributed by atoms with Crippen molar-refractivity contribution in [2.75, 3.05) is 20.2 Å². The zero-order chi connectivity index (χ0) is 14.0. The Bertz CT molecular complexity index is 468. The molecule has 1 aromatic heterocycles. The van der Waals surface area contributed by atoms with E-state index in [4.69, 9.17) is 4.74 Å². The van der Waals surface area contributed by atoms with E-state index in [2.05, 4.69) is 12.0 Å². The Kier molecular flexibility index (Phi) is 4.24. The third-order valence-electron chi connectivity index (χ3n) is 4.08. The maximum Gasteiger partial charge on any atom is 0.222 e. The molecule has 1 aromatic rings. The maximum absolute atomic E-state index is 12.2. The van der Waals surface area contributed by atoms with Gasteiger partial charge in [-0.15, -0.1) is 0 Å². The summed E-state index contributed by atoms with van der Waals surface area (Å²) in [5.41, 5.74) is 3.39. The zero-order valence-electron chi connectivity index (χ0n) is 12.3. The van der Waals surface area contributed by atoms with Crippen LogP contribution in [-0.4, -0.2) is 46.9 Å². The summed E-state index contributed by atoms with van der Waals surface area (Å²) in [4.78, 5) is 14.1. The normalized spacial score (nSPS) is 19.2. The number of ether oxygens (including phenoxy) is 1. The Balaban J connectivity index is 1.90. The van der Waals surface area contributed by atoms with Gasteiger partial charge in [-0.05, 0) is 32.3 Å². The largest absolute Gasteiger partial charge is 0.380 e. The van der Waals surface area contributed by atoms with Crippen molar-refractivity contribution in [3.63, 3.8) is 0 Å². The molecule has 2 heterocycles. The molecule has 106 valence electrons. The van der Waals surface area contributed by atoms with Crippen molar-refractivity contribution in [1.29, 1.82) is 0 Å². The molecule has 0 aliphatic carbocycles. The van der Waals surface area contributed by atoms with Gasteiger partial charge >= 0.3 is 0 Å². The lowest BCUT2D eigenvalue weighted by Crippen LogP contribution is -2.30. The number of methoxy groups -OCH3 is 1. The summed E-state index contributed by atoms with van der Waals surface area (Å²) >= 11 is 0. The number of aromatic nitrogens is 2. The highest BCUT2D eigenvalue weighted by Gasteiger charge is 2.25. The zero-order valence-corrected chi connectivity index (χ0v) is 12.3. The van der Waals surface area contributed by atoms with Crippen LogP contribution in [0.15, 0.2) is 0 Å². The Morgan fingerprint density at radius 3 is 2.74 bits per heavy atom. The van der Waals surface area contributed by atoms with E-state index in [1.54, 1.807) is 7.11 Å². The lowest BCUT2D eigenvalue weighted by atomic mass is 10.1. The number of hydrogen-bond donors (Lipinski definition) is 0. The smallest absolute Gasteiger partial charge is 0.222 e. The minimum Gasteiger partial charge on any atom is -0.380 e. The van der Waals surface area contributed by atoms with Crippen LogP contribution in [0.25, 0.3) is 0 Å². The number of amides is 1. The number of carbonyl (C=O) groups is 1. The molecule has 1 amide bonds. The summed E-state index contributed by atoms with van der Waals surface area (Å²) in [6.45, 7) is 5.61. The first kappa shape index (κ1) is 14.1. The van der Waals surface area contributed by atoms with Gasteiger partial charge in [0.15, 0.2) is 0 Å². The van der Waals surface area contributed by atoms with Crippen LogP contribution in [0.5, 0.6) is 0 Å². The first-order valence-electron chi connectivity index (χ1n) is 6.82. The van der Waals surface area contributed by atoms with Gasteiger partial charge < -0.3 is 9.64 Å². The van der Waals surface area contributed by atoms with E-state index in [9.17, 15) is 4.79 Å². The Labute approximate surface area is 114 Å². The standard InChI is InChI=1S/C14H23N3O2/c1-10-13(11(2)16(3)15-10)5-6-14(18)17-8-7-12(9-17)19-4/h12H,5-9H2,1-4H3/t12-/m1/s1. The lowest BCUT2D eigenvalue weighted by molar-refractivity contribution is -0.130. The van der Waals surface area contributed by atoms with E-state index >= 15 is 0 Å². The van der Waals surface area contributed by atoms with Crippen LogP contribution in [0.4, 0.5) is 0 Å². The fourth-order valence-electron chi connectivity index (χ4n) is 2.72. The molecule has 5 nitrogen and oxygen atoms in total. The first-order chi connectivity index (χ1) is 9.02. The van der Waals surface area contributed by atoms with Crippen molar-refractivity contribution in [3.05, 3.63) is 17.0 Å². The van der Waals surface area contributed by atoms with Crippen LogP contribution in [0.2, 0.25) is 0 Å². The van der Waals surface area contributed by atoms with Crippen molar-refractivity contribution in [1.82, 2.24) is 14.7 Å². The summed E-state index contributed by atoms with van der Waals surface area (Å²) in [7, 11) is 3.65. The molecular formula is C14H23N3O2. The minimum absolute atomic E-state index is 0.214. The highest BCUT2D eigenvalue weighted by molar-refractivity contribution is 5.76. The summed E-state index contributed by atoms with van der Waals surface area (Å²) in [6.07, 6.45) is 2.50. The van der Waals surface area contributed by atoms with Crippen molar-refractivity contribution in [3.8, 4) is 0 Å². The molecule has 1 aliphatic heterocycles. The molecule has 0 radical (unpaired) electrons. The maximum atomic E-state index is 12.2. The van der Waals surface area contributed by atoms with E-state index in [-0.39, 0.29) is 12.0 Å². The fraction of sp³-hybridized carbons (Fsp3) is 0.714. The number of likely N-dealkylation sites (tertiary alicyclic amines) is 1. The minimum atomic E-state index is 0.214.